The molecule has 0 aliphatic carbocycles. The molecule has 1 fully saturated rings. The third-order valence-electron chi connectivity index (χ3n) is 5.78. The van der Waals surface area contributed by atoms with Gasteiger partial charge in [-0.1, -0.05) is 12.1 Å². The van der Waals surface area contributed by atoms with Crippen LogP contribution in [0.1, 0.15) is 24.0 Å². The van der Waals surface area contributed by atoms with E-state index in [-0.39, 0.29) is 12.5 Å². The summed E-state index contributed by atoms with van der Waals surface area (Å²) in [5.41, 5.74) is 1.95. The largest absolute Gasteiger partial charge is 0.482 e. The van der Waals surface area contributed by atoms with E-state index in [1.165, 1.54) is 17.7 Å². The normalized spacial score (nSPS) is 17.1. The summed E-state index contributed by atoms with van der Waals surface area (Å²) < 4.78 is 44.3. The standard InChI is InChI=1S/C23H26F3N3O2/c24-23(25,26)18-5-3-6-19(15-18)29-12-10-28(11-13-29)9-2-1-4-17-7-8-20-21(14-17)31-16-22(30)27-20/h3,5-8,14-15H,1-2,4,9-13,16H2,(H,27,30). The SMILES string of the molecule is O=C1COc2cc(CCCCN3CCN(c4cccc(C(F)(F)F)c4)CC3)ccc2N1. The second-order valence-corrected chi connectivity index (χ2v) is 8.00. The number of nitrogens with one attached hydrogen (secondary N) is 1. The Kier molecular flexibility index (Phi) is 6.36. The number of amides is 1. The van der Waals surface area contributed by atoms with Gasteiger partial charge >= 0.3 is 6.18 Å². The summed E-state index contributed by atoms with van der Waals surface area (Å²) in [5, 5.41) is 2.79. The molecular weight excluding hydrogens is 407 g/mol. The molecule has 0 saturated carbocycles. The quantitative estimate of drug-likeness (QED) is 0.695. The van der Waals surface area contributed by atoms with Crippen LogP contribution in [0.5, 0.6) is 5.75 Å². The zero-order chi connectivity index (χ0) is 21.8. The van der Waals surface area contributed by atoms with Gasteiger partial charge in [-0.3, -0.25) is 9.69 Å². The first-order valence-corrected chi connectivity index (χ1v) is 10.6. The van der Waals surface area contributed by atoms with Gasteiger partial charge in [0.2, 0.25) is 0 Å². The molecule has 1 N–H and O–H groups in total. The summed E-state index contributed by atoms with van der Waals surface area (Å²) >= 11 is 0. The average Bonchev–Trinajstić information content (AvgIpc) is 2.77. The molecule has 8 heteroatoms. The Morgan fingerprint density at radius 2 is 1.81 bits per heavy atom. The van der Waals surface area contributed by atoms with Crippen molar-refractivity contribution in [3.63, 3.8) is 0 Å². The summed E-state index contributed by atoms with van der Waals surface area (Å²) in [4.78, 5) is 15.7. The van der Waals surface area contributed by atoms with Crippen molar-refractivity contribution in [2.75, 3.05) is 49.5 Å². The number of benzene rings is 2. The Bertz CT molecular complexity index is 925. The van der Waals surface area contributed by atoms with Crippen LogP contribution >= 0.6 is 0 Å². The lowest BCUT2D eigenvalue weighted by molar-refractivity contribution is -0.137. The minimum Gasteiger partial charge on any atom is -0.482 e. The van der Waals surface area contributed by atoms with Gasteiger partial charge in [-0.25, -0.2) is 0 Å². The average molecular weight is 433 g/mol. The first-order chi connectivity index (χ1) is 14.9. The number of piperazine rings is 1. The highest BCUT2D eigenvalue weighted by atomic mass is 19.4. The lowest BCUT2D eigenvalue weighted by Crippen LogP contribution is -2.46. The Hall–Kier alpha value is -2.74. The summed E-state index contributed by atoms with van der Waals surface area (Å²) in [6.45, 7) is 4.20. The molecular formula is C23H26F3N3O2. The Labute approximate surface area is 179 Å². The number of unbranched alkanes of at least 4 members (excludes halogenated alkanes) is 1. The molecule has 5 nitrogen and oxygen atoms in total. The van der Waals surface area contributed by atoms with E-state index < -0.39 is 11.7 Å². The zero-order valence-electron chi connectivity index (χ0n) is 17.3. The smallest absolute Gasteiger partial charge is 0.416 e. The van der Waals surface area contributed by atoms with Crippen molar-refractivity contribution in [2.24, 2.45) is 0 Å². The molecule has 2 aliphatic rings. The Morgan fingerprint density at radius 1 is 1.00 bits per heavy atom. The van der Waals surface area contributed by atoms with Crippen LogP contribution in [0.25, 0.3) is 0 Å². The van der Waals surface area contributed by atoms with Crippen LogP contribution < -0.4 is 15.0 Å². The summed E-state index contributed by atoms with van der Waals surface area (Å²) in [5.74, 6) is 0.594. The van der Waals surface area contributed by atoms with Crippen molar-refractivity contribution >= 4 is 17.3 Å². The van der Waals surface area contributed by atoms with Gasteiger partial charge in [0.15, 0.2) is 6.61 Å². The lowest BCUT2D eigenvalue weighted by atomic mass is 10.1. The maximum Gasteiger partial charge on any atom is 0.416 e. The van der Waals surface area contributed by atoms with Crippen molar-refractivity contribution in [1.82, 2.24) is 4.90 Å². The Morgan fingerprint density at radius 3 is 2.58 bits per heavy atom. The Balaban J connectivity index is 1.20. The molecule has 1 saturated heterocycles. The van der Waals surface area contributed by atoms with E-state index in [1.54, 1.807) is 6.07 Å². The number of ether oxygens (including phenoxy) is 1. The fourth-order valence-electron chi connectivity index (χ4n) is 4.05. The number of halogens is 3. The highest BCUT2D eigenvalue weighted by Gasteiger charge is 2.31. The molecule has 0 bridgehead atoms. The molecule has 0 unspecified atom stereocenters. The van der Waals surface area contributed by atoms with Crippen LogP contribution in [-0.2, 0) is 17.4 Å². The lowest BCUT2D eigenvalue weighted by Gasteiger charge is -2.36. The summed E-state index contributed by atoms with van der Waals surface area (Å²) in [6, 6.07) is 11.5. The van der Waals surface area contributed by atoms with Gasteiger partial charge in [-0.2, -0.15) is 13.2 Å². The molecule has 2 aromatic carbocycles. The number of anilines is 2. The number of carbonyl (C=O) groups excluding carboxylic acids is 1. The van der Waals surface area contributed by atoms with Crippen LogP contribution in [0.3, 0.4) is 0 Å². The number of aryl methyl sites for hydroxylation is 1. The predicted octanol–water partition coefficient (Wildman–Crippen LogP) is 4.18. The predicted molar refractivity (Wildman–Crippen MR) is 114 cm³/mol. The van der Waals surface area contributed by atoms with Crippen LogP contribution in [0, 0.1) is 0 Å². The first kappa shape index (κ1) is 21.5. The molecule has 2 aromatic rings. The second kappa shape index (κ2) is 9.18. The van der Waals surface area contributed by atoms with E-state index in [0.29, 0.717) is 5.69 Å². The first-order valence-electron chi connectivity index (χ1n) is 10.6. The van der Waals surface area contributed by atoms with Crippen molar-refractivity contribution in [3.8, 4) is 5.75 Å². The third kappa shape index (κ3) is 5.50. The van der Waals surface area contributed by atoms with E-state index in [4.69, 9.17) is 4.74 Å². The summed E-state index contributed by atoms with van der Waals surface area (Å²) in [7, 11) is 0. The van der Waals surface area contributed by atoms with E-state index in [0.717, 1.165) is 69.5 Å². The molecule has 0 aromatic heterocycles. The minimum atomic E-state index is -4.31. The van der Waals surface area contributed by atoms with Gasteiger partial charge in [-0.05, 0) is 61.7 Å². The number of fused-ring (bicyclic) bond motifs is 1. The number of carbonyl (C=O) groups is 1. The van der Waals surface area contributed by atoms with E-state index in [1.807, 2.05) is 23.1 Å². The molecule has 2 heterocycles. The fraction of sp³-hybridized carbons (Fsp3) is 0.435. The topological polar surface area (TPSA) is 44.8 Å². The molecule has 4 rings (SSSR count). The van der Waals surface area contributed by atoms with Crippen molar-refractivity contribution in [2.45, 2.75) is 25.4 Å². The number of hydrogen-bond acceptors (Lipinski definition) is 4. The molecule has 0 spiro atoms. The third-order valence-corrected chi connectivity index (χ3v) is 5.78. The molecule has 31 heavy (non-hydrogen) atoms. The van der Waals surface area contributed by atoms with Gasteiger partial charge < -0.3 is 15.0 Å². The van der Waals surface area contributed by atoms with Crippen molar-refractivity contribution in [3.05, 3.63) is 53.6 Å². The number of rotatable bonds is 6. The van der Waals surface area contributed by atoms with Gasteiger partial charge in [0, 0.05) is 31.9 Å². The molecule has 1 amide bonds. The van der Waals surface area contributed by atoms with Crippen LogP contribution in [0.2, 0.25) is 0 Å². The van der Waals surface area contributed by atoms with Gasteiger partial charge in [0.1, 0.15) is 5.75 Å². The van der Waals surface area contributed by atoms with Crippen LogP contribution in [-0.4, -0.2) is 50.1 Å². The van der Waals surface area contributed by atoms with Crippen LogP contribution in [0.15, 0.2) is 42.5 Å². The highest BCUT2D eigenvalue weighted by Crippen LogP contribution is 2.32. The van der Waals surface area contributed by atoms with E-state index in [9.17, 15) is 18.0 Å². The number of alkyl halides is 3. The van der Waals surface area contributed by atoms with Crippen molar-refractivity contribution < 1.29 is 22.7 Å². The zero-order valence-corrected chi connectivity index (χ0v) is 17.3. The van der Waals surface area contributed by atoms with Gasteiger partial charge in [-0.15, -0.1) is 0 Å². The molecule has 2 aliphatic heterocycles. The van der Waals surface area contributed by atoms with E-state index in [2.05, 4.69) is 10.2 Å². The fourth-order valence-corrected chi connectivity index (χ4v) is 4.05. The maximum absolute atomic E-state index is 12.9. The van der Waals surface area contributed by atoms with E-state index >= 15 is 0 Å². The number of hydrogen-bond donors (Lipinski definition) is 1. The maximum atomic E-state index is 12.9. The van der Waals surface area contributed by atoms with Gasteiger partial charge in [0.05, 0.1) is 11.3 Å². The molecule has 0 radical (unpaired) electrons. The minimum absolute atomic E-state index is 0.0585. The molecule has 166 valence electrons. The highest BCUT2D eigenvalue weighted by molar-refractivity contribution is 5.95. The van der Waals surface area contributed by atoms with Gasteiger partial charge in [0.25, 0.3) is 5.91 Å². The van der Waals surface area contributed by atoms with Crippen LogP contribution in [0.4, 0.5) is 24.5 Å². The second-order valence-electron chi connectivity index (χ2n) is 8.00. The molecule has 0 atom stereocenters. The van der Waals surface area contributed by atoms with Crippen molar-refractivity contribution in [1.29, 1.82) is 0 Å². The number of nitrogens with zero attached hydrogens (tertiary/aromatic N) is 2. The monoisotopic (exact) mass is 433 g/mol. The summed E-state index contributed by atoms with van der Waals surface area (Å²) in [6.07, 6.45) is -1.28.